The van der Waals surface area contributed by atoms with Crippen LogP contribution in [-0.2, 0) is 28.8 Å². The van der Waals surface area contributed by atoms with Gasteiger partial charge in [-0.05, 0) is 26.7 Å². The number of hydrogen-bond donors (Lipinski definition) is 0. The van der Waals surface area contributed by atoms with Crippen molar-refractivity contribution in [2.75, 3.05) is 13.2 Å². The summed E-state index contributed by atoms with van der Waals surface area (Å²) in [6.07, 6.45) is 2.93. The molecule has 0 radical (unpaired) electrons. The number of hydrogen-bond acceptors (Lipinski definition) is 8. The van der Waals surface area contributed by atoms with Gasteiger partial charge in [-0.1, -0.05) is 87.4 Å². The lowest BCUT2D eigenvalue weighted by Crippen LogP contribution is -2.20. The van der Waals surface area contributed by atoms with Crippen LogP contribution in [0.4, 0.5) is 0 Å². The SMILES string of the molecule is CCCCOC(=O)C(C)=C(OOC(C(=O)c1ccccc1)=C(C)C(=O)OCCCC)C(=O)c1ccccc1. The van der Waals surface area contributed by atoms with Gasteiger partial charge in [0.05, 0.1) is 24.4 Å². The van der Waals surface area contributed by atoms with Crippen molar-refractivity contribution in [1.29, 1.82) is 0 Å². The molecule has 0 spiro atoms. The van der Waals surface area contributed by atoms with Gasteiger partial charge in [-0.2, -0.15) is 0 Å². The Kier molecular flexibility index (Phi) is 12.5. The van der Waals surface area contributed by atoms with Crippen molar-refractivity contribution in [3.63, 3.8) is 0 Å². The second-order valence-corrected chi connectivity index (χ2v) is 8.44. The Hall–Kier alpha value is -4.20. The summed E-state index contributed by atoms with van der Waals surface area (Å²) in [5, 5.41) is 0. The van der Waals surface area contributed by atoms with E-state index in [0.29, 0.717) is 12.8 Å². The van der Waals surface area contributed by atoms with Crippen LogP contribution in [0.2, 0.25) is 0 Å². The second-order valence-electron chi connectivity index (χ2n) is 8.44. The molecular weight excluding hydrogens is 488 g/mol. The molecule has 2 rings (SSSR count). The highest BCUT2D eigenvalue weighted by molar-refractivity contribution is 6.12. The first-order valence-corrected chi connectivity index (χ1v) is 12.6. The molecule has 2 aromatic rings. The Morgan fingerprint density at radius 3 is 1.24 bits per heavy atom. The van der Waals surface area contributed by atoms with E-state index < -0.39 is 35.0 Å². The molecule has 8 nitrogen and oxygen atoms in total. The number of benzene rings is 2. The number of unbranched alkanes of at least 4 members (excludes halogenated alkanes) is 2. The molecule has 0 unspecified atom stereocenters. The first-order chi connectivity index (χ1) is 18.3. The van der Waals surface area contributed by atoms with Crippen LogP contribution in [0.1, 0.15) is 74.1 Å². The Morgan fingerprint density at radius 1 is 0.579 bits per heavy atom. The summed E-state index contributed by atoms with van der Waals surface area (Å²) in [6.45, 7) is 6.96. The van der Waals surface area contributed by atoms with Crippen LogP contribution >= 0.6 is 0 Å². The van der Waals surface area contributed by atoms with Gasteiger partial charge in [0.25, 0.3) is 0 Å². The fourth-order valence-corrected chi connectivity index (χ4v) is 3.09. The monoisotopic (exact) mass is 522 g/mol. The summed E-state index contributed by atoms with van der Waals surface area (Å²) in [7, 11) is 0. The van der Waals surface area contributed by atoms with Crippen LogP contribution in [0.25, 0.3) is 0 Å². The highest BCUT2D eigenvalue weighted by Crippen LogP contribution is 2.21. The van der Waals surface area contributed by atoms with E-state index in [1.807, 2.05) is 13.8 Å². The van der Waals surface area contributed by atoms with Gasteiger partial charge in [-0.15, -0.1) is 0 Å². The Balaban J connectivity index is 2.46. The largest absolute Gasteiger partial charge is 0.462 e. The average Bonchev–Trinajstić information content (AvgIpc) is 2.95. The summed E-state index contributed by atoms with van der Waals surface area (Å²) in [6, 6.07) is 16.3. The van der Waals surface area contributed by atoms with E-state index in [1.54, 1.807) is 60.7 Å². The summed E-state index contributed by atoms with van der Waals surface area (Å²) < 4.78 is 10.5. The summed E-state index contributed by atoms with van der Waals surface area (Å²) in [4.78, 5) is 62.7. The number of carbonyl (C=O) groups is 4. The zero-order valence-electron chi connectivity index (χ0n) is 22.3. The Bertz CT molecular complexity index is 1070. The molecule has 0 heterocycles. The maximum Gasteiger partial charge on any atom is 0.337 e. The van der Waals surface area contributed by atoms with Gasteiger partial charge in [-0.25, -0.2) is 9.59 Å². The first-order valence-electron chi connectivity index (χ1n) is 12.6. The third kappa shape index (κ3) is 8.73. The van der Waals surface area contributed by atoms with E-state index in [1.165, 1.54) is 13.8 Å². The predicted octanol–water partition coefficient (Wildman–Crippen LogP) is 5.94. The highest BCUT2D eigenvalue weighted by Gasteiger charge is 2.28. The third-order valence-electron chi connectivity index (χ3n) is 5.45. The van der Waals surface area contributed by atoms with Crippen LogP contribution in [0.5, 0.6) is 0 Å². The summed E-state index contributed by atoms with van der Waals surface area (Å²) in [5.41, 5.74) is 0.152. The van der Waals surface area contributed by atoms with Gasteiger partial charge in [0.2, 0.25) is 23.1 Å². The van der Waals surface area contributed by atoms with Crippen LogP contribution in [0.3, 0.4) is 0 Å². The molecule has 0 aliphatic rings. The predicted molar refractivity (Wildman–Crippen MR) is 141 cm³/mol. The minimum atomic E-state index is -0.767. The zero-order chi connectivity index (χ0) is 27.9. The molecule has 0 amide bonds. The van der Waals surface area contributed by atoms with E-state index >= 15 is 0 Å². The molecular formula is C30H34O8. The van der Waals surface area contributed by atoms with Crippen molar-refractivity contribution in [1.82, 2.24) is 0 Å². The van der Waals surface area contributed by atoms with Gasteiger partial charge in [0, 0.05) is 11.1 Å². The zero-order valence-corrected chi connectivity index (χ0v) is 22.3. The Morgan fingerprint density at radius 2 is 0.921 bits per heavy atom. The summed E-state index contributed by atoms with van der Waals surface area (Å²) >= 11 is 0. The van der Waals surface area contributed by atoms with Crippen LogP contribution in [0, 0.1) is 0 Å². The minimum absolute atomic E-state index is 0.148. The van der Waals surface area contributed by atoms with Crippen molar-refractivity contribution < 1.29 is 38.4 Å². The number of allylic oxidation sites excluding steroid dienone is 2. The molecule has 0 aromatic heterocycles. The fourth-order valence-electron chi connectivity index (χ4n) is 3.09. The van der Waals surface area contributed by atoms with Crippen molar-refractivity contribution in [2.24, 2.45) is 0 Å². The fraction of sp³-hybridized carbons (Fsp3) is 0.333. The van der Waals surface area contributed by atoms with E-state index in [4.69, 9.17) is 19.2 Å². The number of Topliss-reactive ketones (excluding diaryl/α,β-unsaturated/α-hetero) is 2. The lowest BCUT2D eigenvalue weighted by Gasteiger charge is -2.15. The molecule has 0 saturated heterocycles. The lowest BCUT2D eigenvalue weighted by atomic mass is 10.1. The quantitative estimate of drug-likeness (QED) is 0.0539. The summed E-state index contributed by atoms with van der Waals surface area (Å²) in [5.74, 6) is -3.80. The van der Waals surface area contributed by atoms with E-state index in [0.717, 1.165) is 12.8 Å². The maximum atomic E-state index is 13.3. The van der Waals surface area contributed by atoms with Gasteiger partial charge >= 0.3 is 11.9 Å². The van der Waals surface area contributed by atoms with Crippen LogP contribution < -0.4 is 0 Å². The molecule has 0 bridgehead atoms. The standard InChI is InChI=1S/C30H34O8/c1-5-7-19-35-29(33)21(3)27(25(31)23-15-11-9-12-16-23)37-38-28(22(4)30(34)36-20-8-6-2)26(32)24-17-13-10-14-18-24/h9-18H,5-8,19-20H2,1-4H3. The number of carbonyl (C=O) groups excluding carboxylic acids is 4. The van der Waals surface area contributed by atoms with Crippen molar-refractivity contribution in [3.8, 4) is 0 Å². The number of ketones is 2. The molecule has 0 saturated carbocycles. The first kappa shape index (κ1) is 30.0. The highest BCUT2D eigenvalue weighted by atomic mass is 17.2. The van der Waals surface area contributed by atoms with Crippen molar-refractivity contribution in [2.45, 2.75) is 53.4 Å². The Labute approximate surface area is 223 Å². The molecule has 202 valence electrons. The van der Waals surface area contributed by atoms with Gasteiger partial charge in [-0.3, -0.25) is 19.4 Å². The smallest absolute Gasteiger partial charge is 0.337 e. The molecule has 0 fully saturated rings. The normalized spacial score (nSPS) is 12.0. The lowest BCUT2D eigenvalue weighted by molar-refractivity contribution is -0.218. The van der Waals surface area contributed by atoms with Crippen molar-refractivity contribution in [3.05, 3.63) is 94.5 Å². The molecule has 0 atom stereocenters. The average molecular weight is 523 g/mol. The molecule has 2 aromatic carbocycles. The van der Waals surface area contributed by atoms with Crippen LogP contribution in [0.15, 0.2) is 83.3 Å². The van der Waals surface area contributed by atoms with Crippen LogP contribution in [-0.4, -0.2) is 36.7 Å². The minimum Gasteiger partial charge on any atom is -0.462 e. The van der Waals surface area contributed by atoms with E-state index in [9.17, 15) is 19.2 Å². The molecule has 0 N–H and O–H groups in total. The van der Waals surface area contributed by atoms with Gasteiger partial charge < -0.3 is 9.47 Å². The molecule has 0 aliphatic carbocycles. The third-order valence-corrected chi connectivity index (χ3v) is 5.45. The van der Waals surface area contributed by atoms with Gasteiger partial charge in [0.15, 0.2) is 0 Å². The molecule has 8 heteroatoms. The maximum absolute atomic E-state index is 13.3. The second kappa shape index (κ2) is 15.8. The topological polar surface area (TPSA) is 105 Å². The van der Waals surface area contributed by atoms with E-state index in [-0.39, 0.29) is 35.5 Å². The number of rotatable bonds is 15. The van der Waals surface area contributed by atoms with E-state index in [2.05, 4.69) is 0 Å². The van der Waals surface area contributed by atoms with Gasteiger partial charge in [0.1, 0.15) is 0 Å². The van der Waals surface area contributed by atoms with Crippen molar-refractivity contribution >= 4 is 23.5 Å². The molecule has 0 aliphatic heterocycles. The number of ether oxygens (including phenoxy) is 2. The number of esters is 2. The molecule has 38 heavy (non-hydrogen) atoms.